The molecule has 2 N–H and O–H groups in total. The highest BCUT2D eigenvalue weighted by molar-refractivity contribution is 7.07. The first-order chi connectivity index (χ1) is 8.11. The second-order valence-electron chi connectivity index (χ2n) is 3.74. The minimum Gasteiger partial charge on any atom is -0.480 e. The number of aromatic nitrogens is 2. The van der Waals surface area contributed by atoms with Gasteiger partial charge in [-0.05, 0) is 18.5 Å². The SMILES string of the molecule is Cc1nnsc1C(=O)N1CCNCC1C(=O)O. The molecule has 0 bridgehead atoms. The van der Waals surface area contributed by atoms with Gasteiger partial charge in [-0.15, -0.1) is 5.10 Å². The van der Waals surface area contributed by atoms with Crippen molar-refractivity contribution in [1.82, 2.24) is 19.8 Å². The summed E-state index contributed by atoms with van der Waals surface area (Å²) >= 11 is 0.999. The second kappa shape index (κ2) is 4.76. The van der Waals surface area contributed by atoms with E-state index in [2.05, 4.69) is 14.9 Å². The summed E-state index contributed by atoms with van der Waals surface area (Å²) in [6, 6.07) is -0.822. The van der Waals surface area contributed by atoms with Crippen LogP contribution in [0.3, 0.4) is 0 Å². The third-order valence-corrected chi connectivity index (χ3v) is 3.45. The van der Waals surface area contributed by atoms with Crippen LogP contribution in [0.15, 0.2) is 0 Å². The highest BCUT2D eigenvalue weighted by Gasteiger charge is 2.33. The van der Waals surface area contributed by atoms with Crippen LogP contribution in [-0.4, -0.2) is 57.1 Å². The monoisotopic (exact) mass is 256 g/mol. The van der Waals surface area contributed by atoms with Crippen LogP contribution in [-0.2, 0) is 4.79 Å². The van der Waals surface area contributed by atoms with Crippen molar-refractivity contribution in [3.8, 4) is 0 Å². The maximum Gasteiger partial charge on any atom is 0.327 e. The fourth-order valence-electron chi connectivity index (χ4n) is 1.73. The Kier molecular flexibility index (Phi) is 3.34. The lowest BCUT2D eigenvalue weighted by atomic mass is 10.2. The highest BCUT2D eigenvalue weighted by Crippen LogP contribution is 2.15. The molecular weight excluding hydrogens is 244 g/mol. The summed E-state index contributed by atoms with van der Waals surface area (Å²) in [6.45, 7) is 2.94. The topological polar surface area (TPSA) is 95.4 Å². The van der Waals surface area contributed by atoms with Crippen molar-refractivity contribution in [3.05, 3.63) is 10.6 Å². The molecule has 2 heterocycles. The minimum absolute atomic E-state index is 0.270. The van der Waals surface area contributed by atoms with Gasteiger partial charge in [0.25, 0.3) is 5.91 Å². The van der Waals surface area contributed by atoms with Gasteiger partial charge in [-0.1, -0.05) is 4.49 Å². The van der Waals surface area contributed by atoms with E-state index in [1.54, 1.807) is 6.92 Å². The number of nitrogens with one attached hydrogen (secondary N) is 1. The molecular formula is C9H12N4O3S. The molecule has 0 aliphatic carbocycles. The third-order valence-electron chi connectivity index (χ3n) is 2.64. The number of rotatable bonds is 2. The number of nitrogens with zero attached hydrogens (tertiary/aromatic N) is 3. The van der Waals surface area contributed by atoms with Gasteiger partial charge in [-0.2, -0.15) is 0 Å². The van der Waals surface area contributed by atoms with Gasteiger partial charge < -0.3 is 15.3 Å². The Labute approximate surface area is 102 Å². The van der Waals surface area contributed by atoms with Crippen molar-refractivity contribution < 1.29 is 14.7 Å². The summed E-state index contributed by atoms with van der Waals surface area (Å²) in [6.07, 6.45) is 0. The van der Waals surface area contributed by atoms with E-state index in [-0.39, 0.29) is 12.5 Å². The van der Waals surface area contributed by atoms with Gasteiger partial charge in [0.1, 0.15) is 10.9 Å². The Bertz CT molecular complexity index is 447. The number of carboxylic acids is 1. The van der Waals surface area contributed by atoms with Gasteiger partial charge in [-0.25, -0.2) is 4.79 Å². The van der Waals surface area contributed by atoms with E-state index >= 15 is 0 Å². The molecule has 1 aliphatic rings. The van der Waals surface area contributed by atoms with Crippen molar-refractivity contribution in [3.63, 3.8) is 0 Å². The first kappa shape index (κ1) is 11.9. The van der Waals surface area contributed by atoms with Crippen molar-refractivity contribution in [2.45, 2.75) is 13.0 Å². The number of aliphatic carboxylic acids is 1. The number of carbonyl (C=O) groups excluding carboxylic acids is 1. The summed E-state index contributed by atoms with van der Waals surface area (Å²) in [5.74, 6) is -1.30. The van der Waals surface area contributed by atoms with E-state index < -0.39 is 12.0 Å². The summed E-state index contributed by atoms with van der Waals surface area (Å²) in [5, 5.41) is 15.8. The number of carbonyl (C=O) groups is 2. The zero-order valence-electron chi connectivity index (χ0n) is 9.21. The van der Waals surface area contributed by atoms with Crippen molar-refractivity contribution in [1.29, 1.82) is 0 Å². The zero-order chi connectivity index (χ0) is 12.4. The molecule has 2 rings (SSSR count). The molecule has 1 aromatic heterocycles. The number of amides is 1. The van der Waals surface area contributed by atoms with E-state index in [4.69, 9.17) is 5.11 Å². The predicted octanol–water partition coefficient (Wildman–Crippen LogP) is -0.655. The zero-order valence-corrected chi connectivity index (χ0v) is 10.0. The Balaban J connectivity index is 2.23. The maximum atomic E-state index is 12.2. The molecule has 0 radical (unpaired) electrons. The van der Waals surface area contributed by atoms with Crippen LogP contribution in [0.2, 0.25) is 0 Å². The molecule has 1 fully saturated rings. The Morgan fingerprint density at radius 3 is 2.94 bits per heavy atom. The first-order valence-electron chi connectivity index (χ1n) is 5.14. The third kappa shape index (κ3) is 2.27. The van der Waals surface area contributed by atoms with E-state index in [1.807, 2.05) is 0 Å². The van der Waals surface area contributed by atoms with E-state index in [9.17, 15) is 9.59 Å². The Hall–Kier alpha value is -1.54. The fraction of sp³-hybridized carbons (Fsp3) is 0.556. The van der Waals surface area contributed by atoms with Gasteiger partial charge in [-0.3, -0.25) is 4.79 Å². The molecule has 1 amide bonds. The standard InChI is InChI=1S/C9H12N4O3S/c1-5-7(17-12-11-5)8(14)13-3-2-10-4-6(13)9(15)16/h6,10H,2-4H2,1H3,(H,15,16). The van der Waals surface area contributed by atoms with Crippen LogP contribution in [0.5, 0.6) is 0 Å². The fourth-order valence-corrected chi connectivity index (χ4v) is 2.34. The number of carboxylic acid groups (broad SMARTS) is 1. The minimum atomic E-state index is -0.999. The van der Waals surface area contributed by atoms with Gasteiger partial charge in [0.05, 0.1) is 5.69 Å². The lowest BCUT2D eigenvalue weighted by Gasteiger charge is -2.33. The molecule has 1 aromatic rings. The molecule has 1 aliphatic heterocycles. The molecule has 1 saturated heterocycles. The smallest absolute Gasteiger partial charge is 0.327 e. The van der Waals surface area contributed by atoms with Crippen LogP contribution in [0.1, 0.15) is 15.4 Å². The van der Waals surface area contributed by atoms with Crippen molar-refractivity contribution in [2.75, 3.05) is 19.6 Å². The summed E-state index contributed by atoms with van der Waals surface area (Å²) < 4.78 is 3.69. The molecule has 0 saturated carbocycles. The molecule has 1 unspecified atom stereocenters. The van der Waals surface area contributed by atoms with Gasteiger partial charge in [0, 0.05) is 19.6 Å². The van der Waals surface area contributed by atoms with E-state index in [1.165, 1.54) is 4.90 Å². The Morgan fingerprint density at radius 2 is 2.35 bits per heavy atom. The highest BCUT2D eigenvalue weighted by atomic mass is 32.1. The second-order valence-corrected chi connectivity index (χ2v) is 4.50. The number of aryl methyl sites for hydroxylation is 1. The normalized spacial score (nSPS) is 20.3. The quantitative estimate of drug-likeness (QED) is 0.729. The van der Waals surface area contributed by atoms with E-state index in [0.29, 0.717) is 23.7 Å². The lowest BCUT2D eigenvalue weighted by Crippen LogP contribution is -2.56. The molecule has 0 aromatic carbocycles. The maximum absolute atomic E-state index is 12.2. The van der Waals surface area contributed by atoms with Crippen LogP contribution >= 0.6 is 11.5 Å². The number of hydrogen-bond acceptors (Lipinski definition) is 6. The largest absolute Gasteiger partial charge is 0.480 e. The van der Waals surface area contributed by atoms with Crippen molar-refractivity contribution >= 4 is 23.4 Å². The van der Waals surface area contributed by atoms with Gasteiger partial charge in [0.2, 0.25) is 0 Å². The number of piperazine rings is 1. The molecule has 0 spiro atoms. The summed E-state index contributed by atoms with van der Waals surface area (Å²) in [7, 11) is 0. The average Bonchev–Trinajstić information content (AvgIpc) is 2.74. The number of hydrogen-bond donors (Lipinski definition) is 2. The van der Waals surface area contributed by atoms with Crippen LogP contribution in [0, 0.1) is 6.92 Å². The molecule has 8 heteroatoms. The van der Waals surface area contributed by atoms with Crippen LogP contribution in [0.25, 0.3) is 0 Å². The van der Waals surface area contributed by atoms with Gasteiger partial charge >= 0.3 is 5.97 Å². The van der Waals surface area contributed by atoms with Crippen LogP contribution in [0.4, 0.5) is 0 Å². The molecule has 17 heavy (non-hydrogen) atoms. The van der Waals surface area contributed by atoms with Crippen molar-refractivity contribution in [2.24, 2.45) is 0 Å². The summed E-state index contributed by atoms with van der Waals surface area (Å²) in [5.41, 5.74) is 0.544. The van der Waals surface area contributed by atoms with Gasteiger partial charge in [0.15, 0.2) is 0 Å². The Morgan fingerprint density at radius 1 is 1.59 bits per heavy atom. The molecule has 1 atom stereocenters. The lowest BCUT2D eigenvalue weighted by molar-refractivity contribution is -0.142. The predicted molar refractivity (Wildman–Crippen MR) is 60.0 cm³/mol. The molecule has 7 nitrogen and oxygen atoms in total. The average molecular weight is 256 g/mol. The molecule has 92 valence electrons. The van der Waals surface area contributed by atoms with E-state index in [0.717, 1.165) is 11.5 Å². The van der Waals surface area contributed by atoms with Crippen LogP contribution < -0.4 is 5.32 Å². The first-order valence-corrected chi connectivity index (χ1v) is 5.92. The summed E-state index contributed by atoms with van der Waals surface area (Å²) in [4.78, 5) is 25.0.